The zero-order valence-electron chi connectivity index (χ0n) is 19.5. The Bertz CT molecular complexity index is 1070. The van der Waals surface area contributed by atoms with Crippen molar-refractivity contribution in [2.24, 2.45) is 0 Å². The van der Waals surface area contributed by atoms with Gasteiger partial charge in [0, 0.05) is 23.5 Å². The number of hydrogen-bond acceptors (Lipinski definition) is 4. The summed E-state index contributed by atoms with van der Waals surface area (Å²) in [6.07, 6.45) is 3.88. The normalized spacial score (nSPS) is 14.1. The highest BCUT2D eigenvalue weighted by Gasteiger charge is 2.21. The topological polar surface area (TPSA) is 53.0 Å². The Morgan fingerprint density at radius 2 is 1.55 bits per heavy atom. The number of aromatic hydroxyl groups is 1. The highest BCUT2D eigenvalue weighted by atomic mass is 16.5. The van der Waals surface area contributed by atoms with Gasteiger partial charge in [-0.3, -0.25) is 14.6 Å². The maximum atomic E-state index is 13.6. The minimum atomic E-state index is -0.114. The molecule has 33 heavy (non-hydrogen) atoms. The Kier molecular flexibility index (Phi) is 7.30. The Labute approximate surface area is 196 Å². The summed E-state index contributed by atoms with van der Waals surface area (Å²) >= 11 is 0. The molecule has 5 heteroatoms. The van der Waals surface area contributed by atoms with Crippen molar-refractivity contribution >= 4 is 17.3 Å². The molecular formula is C28H32N2O3. The lowest BCUT2D eigenvalue weighted by Gasteiger charge is -2.26. The van der Waals surface area contributed by atoms with Gasteiger partial charge in [-0.25, -0.2) is 0 Å². The number of aryl methyl sites for hydroxylation is 2. The number of phenolic OH excluding ortho intramolecular Hbond substituents is 1. The molecule has 5 nitrogen and oxygen atoms in total. The van der Waals surface area contributed by atoms with Crippen LogP contribution in [0.15, 0.2) is 66.7 Å². The van der Waals surface area contributed by atoms with Crippen LogP contribution in [0.1, 0.15) is 40.7 Å². The number of ether oxygens (including phenoxy) is 1. The van der Waals surface area contributed by atoms with Crippen LogP contribution in [0, 0.1) is 13.8 Å². The molecule has 1 fully saturated rings. The van der Waals surface area contributed by atoms with Crippen molar-refractivity contribution in [3.05, 3.63) is 83.4 Å². The molecule has 3 aromatic rings. The molecule has 4 rings (SSSR count). The van der Waals surface area contributed by atoms with Gasteiger partial charge in [0.05, 0.1) is 0 Å². The number of likely N-dealkylation sites (tertiary alicyclic amines) is 1. The van der Waals surface area contributed by atoms with E-state index in [1.54, 1.807) is 29.2 Å². The quantitative estimate of drug-likeness (QED) is 0.496. The zero-order chi connectivity index (χ0) is 23.2. The molecule has 1 amide bonds. The van der Waals surface area contributed by atoms with Crippen molar-refractivity contribution < 1.29 is 14.6 Å². The first-order chi connectivity index (χ1) is 16.0. The maximum Gasteiger partial charge on any atom is 0.263 e. The van der Waals surface area contributed by atoms with Crippen LogP contribution in [-0.4, -0.2) is 42.2 Å². The first-order valence-corrected chi connectivity index (χ1v) is 11.7. The molecule has 0 atom stereocenters. The van der Waals surface area contributed by atoms with Gasteiger partial charge in [0.25, 0.3) is 5.91 Å². The molecule has 3 aromatic carbocycles. The van der Waals surface area contributed by atoms with Crippen molar-refractivity contribution in [2.75, 3.05) is 31.1 Å². The van der Waals surface area contributed by atoms with Crippen LogP contribution in [0.25, 0.3) is 0 Å². The summed E-state index contributed by atoms with van der Waals surface area (Å²) < 4.78 is 5.96. The molecule has 0 radical (unpaired) electrons. The lowest BCUT2D eigenvalue weighted by Crippen LogP contribution is -2.33. The summed E-state index contributed by atoms with van der Waals surface area (Å²) in [4.78, 5) is 17.7. The standard InChI is InChI=1S/C28H32N2O3/c1-21-6-15-27(22(2)20-21)28(32)30(23-7-11-25(31)12-8-23)24-9-13-26(14-10-24)33-19-18-29-16-4-3-5-17-29/h6-15,20,31H,3-5,16-19H2,1-2H3. The fraction of sp³-hybridized carbons (Fsp3) is 0.321. The van der Waals surface area contributed by atoms with Gasteiger partial charge in [-0.15, -0.1) is 0 Å². The maximum absolute atomic E-state index is 13.6. The molecule has 1 saturated heterocycles. The van der Waals surface area contributed by atoms with Crippen LogP contribution in [0.5, 0.6) is 11.5 Å². The average molecular weight is 445 g/mol. The largest absolute Gasteiger partial charge is 0.508 e. The van der Waals surface area contributed by atoms with Crippen molar-refractivity contribution in [3.8, 4) is 11.5 Å². The predicted molar refractivity (Wildman–Crippen MR) is 133 cm³/mol. The van der Waals surface area contributed by atoms with Gasteiger partial charge in [-0.1, -0.05) is 24.1 Å². The van der Waals surface area contributed by atoms with Crippen LogP contribution in [-0.2, 0) is 0 Å². The average Bonchev–Trinajstić information content (AvgIpc) is 2.82. The van der Waals surface area contributed by atoms with Gasteiger partial charge in [0.2, 0.25) is 0 Å². The predicted octanol–water partition coefficient (Wildman–Crippen LogP) is 5.85. The summed E-state index contributed by atoms with van der Waals surface area (Å²) in [6, 6.07) is 20.2. The monoisotopic (exact) mass is 444 g/mol. The summed E-state index contributed by atoms with van der Waals surface area (Å²) in [7, 11) is 0. The van der Waals surface area contributed by atoms with E-state index in [-0.39, 0.29) is 11.7 Å². The van der Waals surface area contributed by atoms with Crippen LogP contribution in [0.3, 0.4) is 0 Å². The van der Waals surface area contributed by atoms with E-state index in [4.69, 9.17) is 4.74 Å². The lowest BCUT2D eigenvalue weighted by molar-refractivity contribution is 0.0998. The van der Waals surface area contributed by atoms with E-state index in [1.807, 2.05) is 56.3 Å². The molecular weight excluding hydrogens is 412 g/mol. The molecule has 0 aliphatic carbocycles. The van der Waals surface area contributed by atoms with Gasteiger partial charge in [0.15, 0.2) is 0 Å². The number of nitrogens with zero attached hydrogens (tertiary/aromatic N) is 2. The van der Waals surface area contributed by atoms with Crippen molar-refractivity contribution in [2.45, 2.75) is 33.1 Å². The number of benzene rings is 3. The number of amides is 1. The summed E-state index contributed by atoms with van der Waals surface area (Å²) in [6.45, 7) is 7.88. The second kappa shape index (κ2) is 10.5. The van der Waals surface area contributed by atoms with Crippen molar-refractivity contribution in [1.29, 1.82) is 0 Å². The third-order valence-corrected chi connectivity index (χ3v) is 6.14. The molecule has 172 valence electrons. The minimum Gasteiger partial charge on any atom is -0.508 e. The second-order valence-corrected chi connectivity index (χ2v) is 8.72. The van der Waals surface area contributed by atoms with E-state index in [0.717, 1.165) is 42.2 Å². The number of carbonyl (C=O) groups excluding carboxylic acids is 1. The molecule has 0 unspecified atom stereocenters. The van der Waals surface area contributed by atoms with Crippen LogP contribution >= 0.6 is 0 Å². The smallest absolute Gasteiger partial charge is 0.263 e. The Balaban J connectivity index is 1.53. The molecule has 1 aliphatic heterocycles. The molecule has 0 bridgehead atoms. The molecule has 0 spiro atoms. The molecule has 1 N–H and O–H groups in total. The summed E-state index contributed by atoms with van der Waals surface area (Å²) in [5.74, 6) is 0.840. The molecule has 1 heterocycles. The molecule has 0 aromatic heterocycles. The van der Waals surface area contributed by atoms with Crippen LogP contribution in [0.2, 0.25) is 0 Å². The van der Waals surface area contributed by atoms with E-state index < -0.39 is 0 Å². The SMILES string of the molecule is Cc1ccc(C(=O)N(c2ccc(O)cc2)c2ccc(OCCN3CCCCC3)cc2)c(C)c1. The molecule has 1 aliphatic rings. The number of phenols is 1. The van der Waals surface area contributed by atoms with E-state index in [0.29, 0.717) is 17.9 Å². The van der Waals surface area contributed by atoms with Crippen molar-refractivity contribution in [3.63, 3.8) is 0 Å². The lowest BCUT2D eigenvalue weighted by atomic mass is 10.0. The fourth-order valence-corrected chi connectivity index (χ4v) is 4.33. The Morgan fingerprint density at radius 1 is 0.909 bits per heavy atom. The number of piperidine rings is 1. The van der Waals surface area contributed by atoms with Gasteiger partial charge in [-0.05, 0) is 99.9 Å². The highest BCUT2D eigenvalue weighted by molar-refractivity contribution is 6.11. The van der Waals surface area contributed by atoms with Crippen molar-refractivity contribution in [1.82, 2.24) is 4.90 Å². The van der Waals surface area contributed by atoms with E-state index >= 15 is 0 Å². The highest BCUT2D eigenvalue weighted by Crippen LogP contribution is 2.31. The second-order valence-electron chi connectivity index (χ2n) is 8.72. The van der Waals surface area contributed by atoms with E-state index in [9.17, 15) is 9.90 Å². The van der Waals surface area contributed by atoms with Gasteiger partial charge < -0.3 is 9.84 Å². The van der Waals surface area contributed by atoms with Gasteiger partial charge in [-0.2, -0.15) is 0 Å². The number of anilines is 2. The third kappa shape index (κ3) is 5.74. The van der Waals surface area contributed by atoms with E-state index in [1.165, 1.54) is 19.3 Å². The van der Waals surface area contributed by atoms with E-state index in [2.05, 4.69) is 4.90 Å². The Hall–Kier alpha value is -3.31. The summed E-state index contributed by atoms with van der Waals surface area (Å²) in [5.41, 5.74) is 4.13. The number of rotatable bonds is 7. The number of carbonyl (C=O) groups is 1. The first kappa shape index (κ1) is 22.9. The first-order valence-electron chi connectivity index (χ1n) is 11.7. The third-order valence-electron chi connectivity index (χ3n) is 6.14. The van der Waals surface area contributed by atoms with Crippen LogP contribution in [0.4, 0.5) is 11.4 Å². The fourth-order valence-electron chi connectivity index (χ4n) is 4.33. The van der Waals surface area contributed by atoms with Crippen LogP contribution < -0.4 is 9.64 Å². The zero-order valence-corrected chi connectivity index (χ0v) is 19.5. The summed E-state index contributed by atoms with van der Waals surface area (Å²) in [5, 5.41) is 9.73. The van der Waals surface area contributed by atoms with Gasteiger partial charge in [0.1, 0.15) is 18.1 Å². The van der Waals surface area contributed by atoms with Gasteiger partial charge >= 0.3 is 0 Å². The minimum absolute atomic E-state index is 0.114. The number of hydrogen-bond donors (Lipinski definition) is 1. The molecule has 0 saturated carbocycles. The Morgan fingerprint density at radius 3 is 2.18 bits per heavy atom.